The van der Waals surface area contributed by atoms with Gasteiger partial charge in [0, 0.05) is 27.5 Å². The summed E-state index contributed by atoms with van der Waals surface area (Å²) in [4.78, 5) is 24.5. The van der Waals surface area contributed by atoms with Crippen LogP contribution in [0.5, 0.6) is 0 Å². The van der Waals surface area contributed by atoms with E-state index in [1.807, 2.05) is 6.07 Å². The van der Waals surface area contributed by atoms with Crippen molar-refractivity contribution >= 4 is 52.1 Å². The van der Waals surface area contributed by atoms with E-state index in [1.54, 1.807) is 72.8 Å². The molecule has 0 saturated carbocycles. The molecule has 7 heteroatoms. The van der Waals surface area contributed by atoms with Crippen molar-refractivity contribution in [1.82, 2.24) is 5.32 Å². The fourth-order valence-electron chi connectivity index (χ4n) is 2.43. The maximum Gasteiger partial charge on any atom is 0.257 e. The van der Waals surface area contributed by atoms with Crippen LogP contribution < -0.4 is 16.0 Å². The zero-order valence-electron chi connectivity index (χ0n) is 14.6. The lowest BCUT2D eigenvalue weighted by atomic mass is 10.2. The number of halogens is 1. The van der Waals surface area contributed by atoms with Gasteiger partial charge in [-0.05, 0) is 60.7 Å². The second-order valence-corrected chi connectivity index (χ2v) is 6.66. The largest absolute Gasteiger partial charge is 0.332 e. The Balaban J connectivity index is 1.61. The molecule has 0 fully saturated rings. The van der Waals surface area contributed by atoms with Crippen LogP contribution in [0.2, 0.25) is 5.02 Å². The fraction of sp³-hybridized carbons (Fsp3) is 0. The van der Waals surface area contributed by atoms with Gasteiger partial charge in [0.15, 0.2) is 5.11 Å². The van der Waals surface area contributed by atoms with Gasteiger partial charge < -0.3 is 10.6 Å². The Labute approximate surface area is 172 Å². The van der Waals surface area contributed by atoms with E-state index in [4.69, 9.17) is 23.8 Å². The molecule has 3 aromatic rings. The second-order valence-electron chi connectivity index (χ2n) is 5.82. The standard InChI is InChI=1S/C21H16ClN3O2S/c22-16-9-4-8-15(12-16)20(27)25-21(28)24-18-11-5-10-17(13-18)23-19(26)14-6-2-1-3-7-14/h1-13H,(H,23,26)(H2,24,25,27,28). The predicted molar refractivity (Wildman–Crippen MR) is 116 cm³/mol. The molecule has 28 heavy (non-hydrogen) atoms. The summed E-state index contributed by atoms with van der Waals surface area (Å²) in [7, 11) is 0. The third-order valence-electron chi connectivity index (χ3n) is 3.73. The van der Waals surface area contributed by atoms with Crippen molar-refractivity contribution in [3.8, 4) is 0 Å². The molecule has 0 radical (unpaired) electrons. The summed E-state index contributed by atoms with van der Waals surface area (Å²) in [6.07, 6.45) is 0. The number of benzene rings is 3. The molecule has 3 rings (SSSR count). The van der Waals surface area contributed by atoms with Gasteiger partial charge in [-0.3, -0.25) is 14.9 Å². The Morgan fingerprint density at radius 1 is 0.714 bits per heavy atom. The third-order valence-corrected chi connectivity index (χ3v) is 4.17. The molecule has 5 nitrogen and oxygen atoms in total. The Kier molecular flexibility index (Phi) is 6.37. The van der Waals surface area contributed by atoms with Crippen molar-refractivity contribution in [3.05, 3.63) is 95.0 Å². The van der Waals surface area contributed by atoms with Crippen molar-refractivity contribution in [2.24, 2.45) is 0 Å². The average molecular weight is 410 g/mol. The first-order chi connectivity index (χ1) is 13.5. The summed E-state index contributed by atoms with van der Waals surface area (Å²) in [5, 5.41) is 8.94. The van der Waals surface area contributed by atoms with E-state index in [1.165, 1.54) is 0 Å². The molecule has 0 atom stereocenters. The number of rotatable bonds is 4. The molecule has 0 aromatic heterocycles. The molecule has 2 amide bonds. The highest BCUT2D eigenvalue weighted by molar-refractivity contribution is 7.80. The Bertz CT molecular complexity index is 1020. The first-order valence-electron chi connectivity index (χ1n) is 8.35. The van der Waals surface area contributed by atoms with Crippen LogP contribution in [0.15, 0.2) is 78.9 Å². The van der Waals surface area contributed by atoms with Crippen molar-refractivity contribution in [1.29, 1.82) is 0 Å². The number of nitrogens with one attached hydrogen (secondary N) is 3. The molecule has 0 aliphatic rings. The highest BCUT2D eigenvalue weighted by Crippen LogP contribution is 2.16. The average Bonchev–Trinajstić information content (AvgIpc) is 2.69. The van der Waals surface area contributed by atoms with Crippen LogP contribution in [-0.4, -0.2) is 16.9 Å². The predicted octanol–water partition coefficient (Wildman–Crippen LogP) is 4.72. The molecule has 0 spiro atoms. The van der Waals surface area contributed by atoms with E-state index in [2.05, 4.69) is 16.0 Å². The first-order valence-corrected chi connectivity index (χ1v) is 9.14. The van der Waals surface area contributed by atoms with E-state index >= 15 is 0 Å². The van der Waals surface area contributed by atoms with Crippen molar-refractivity contribution < 1.29 is 9.59 Å². The van der Waals surface area contributed by atoms with Crippen molar-refractivity contribution in [2.75, 3.05) is 10.6 Å². The highest BCUT2D eigenvalue weighted by atomic mass is 35.5. The molecular weight excluding hydrogens is 394 g/mol. The van der Waals surface area contributed by atoms with E-state index < -0.39 is 0 Å². The minimum atomic E-state index is -0.367. The summed E-state index contributed by atoms with van der Waals surface area (Å²) >= 11 is 11.1. The maximum atomic E-state index is 12.3. The fourth-order valence-corrected chi connectivity index (χ4v) is 2.84. The molecule has 0 heterocycles. The van der Waals surface area contributed by atoms with E-state index in [9.17, 15) is 9.59 Å². The zero-order chi connectivity index (χ0) is 19.9. The SMILES string of the molecule is O=C(NC(=S)Nc1cccc(NC(=O)c2ccccc2)c1)c1cccc(Cl)c1. The van der Waals surface area contributed by atoms with E-state index in [-0.39, 0.29) is 16.9 Å². The zero-order valence-corrected chi connectivity index (χ0v) is 16.2. The molecular formula is C21H16ClN3O2S. The smallest absolute Gasteiger partial charge is 0.257 e. The lowest BCUT2D eigenvalue weighted by molar-refractivity contribution is 0.0976. The van der Waals surface area contributed by atoms with E-state index in [0.29, 0.717) is 27.5 Å². The maximum absolute atomic E-state index is 12.3. The number of hydrogen-bond donors (Lipinski definition) is 3. The monoisotopic (exact) mass is 409 g/mol. The van der Waals surface area contributed by atoms with Gasteiger partial charge in [0.2, 0.25) is 0 Å². The van der Waals surface area contributed by atoms with Crippen LogP contribution in [0.25, 0.3) is 0 Å². The van der Waals surface area contributed by atoms with E-state index in [0.717, 1.165) is 0 Å². The summed E-state index contributed by atoms with van der Waals surface area (Å²) in [6.45, 7) is 0. The van der Waals surface area contributed by atoms with Gasteiger partial charge in [-0.1, -0.05) is 41.9 Å². The van der Waals surface area contributed by atoms with Gasteiger partial charge in [0.25, 0.3) is 11.8 Å². The number of thiocarbonyl (C=S) groups is 1. The highest BCUT2D eigenvalue weighted by Gasteiger charge is 2.09. The van der Waals surface area contributed by atoms with Crippen molar-refractivity contribution in [3.63, 3.8) is 0 Å². The molecule has 0 aliphatic carbocycles. The first kappa shape index (κ1) is 19.5. The van der Waals surface area contributed by atoms with Crippen LogP contribution in [-0.2, 0) is 0 Å². The molecule has 140 valence electrons. The van der Waals surface area contributed by atoms with Crippen LogP contribution in [0.4, 0.5) is 11.4 Å². The Morgan fingerprint density at radius 2 is 1.36 bits per heavy atom. The lowest BCUT2D eigenvalue weighted by Crippen LogP contribution is -2.34. The molecule has 0 unspecified atom stereocenters. The van der Waals surface area contributed by atoms with Gasteiger partial charge >= 0.3 is 0 Å². The minimum absolute atomic E-state index is 0.136. The van der Waals surface area contributed by atoms with Gasteiger partial charge in [-0.15, -0.1) is 0 Å². The topological polar surface area (TPSA) is 70.2 Å². The molecule has 3 aromatic carbocycles. The molecule has 3 N–H and O–H groups in total. The number of carbonyl (C=O) groups is 2. The number of amides is 2. The summed E-state index contributed by atoms with van der Waals surface area (Å²) in [6, 6.07) is 22.5. The van der Waals surface area contributed by atoms with Gasteiger partial charge in [-0.25, -0.2) is 0 Å². The van der Waals surface area contributed by atoms with Gasteiger partial charge in [-0.2, -0.15) is 0 Å². The third kappa shape index (κ3) is 5.39. The van der Waals surface area contributed by atoms with Crippen LogP contribution in [0.1, 0.15) is 20.7 Å². The van der Waals surface area contributed by atoms with Crippen LogP contribution in [0.3, 0.4) is 0 Å². The molecule has 0 bridgehead atoms. The quantitative estimate of drug-likeness (QED) is 0.545. The summed E-state index contributed by atoms with van der Waals surface area (Å²) in [5.74, 6) is -0.580. The normalized spacial score (nSPS) is 10.0. The second kappa shape index (κ2) is 9.12. The van der Waals surface area contributed by atoms with Gasteiger partial charge in [0.1, 0.15) is 0 Å². The van der Waals surface area contributed by atoms with Crippen molar-refractivity contribution in [2.45, 2.75) is 0 Å². The van der Waals surface area contributed by atoms with Crippen LogP contribution >= 0.6 is 23.8 Å². The van der Waals surface area contributed by atoms with Gasteiger partial charge in [0.05, 0.1) is 0 Å². The number of hydrogen-bond acceptors (Lipinski definition) is 3. The molecule has 0 aliphatic heterocycles. The Hall–Kier alpha value is -3.22. The number of anilines is 2. The summed E-state index contributed by atoms with van der Waals surface area (Å²) < 4.78 is 0. The lowest BCUT2D eigenvalue weighted by Gasteiger charge is -2.11. The van der Waals surface area contributed by atoms with Crippen LogP contribution in [0, 0.1) is 0 Å². The molecule has 0 saturated heterocycles. The Morgan fingerprint density at radius 3 is 2.07 bits per heavy atom. The number of carbonyl (C=O) groups excluding carboxylic acids is 2. The summed E-state index contributed by atoms with van der Waals surface area (Å²) in [5.41, 5.74) is 2.19. The minimum Gasteiger partial charge on any atom is -0.332 e.